The molecule has 2 fully saturated rings. The van der Waals surface area contributed by atoms with Crippen molar-refractivity contribution in [3.8, 4) is 0 Å². The molecule has 178 valence electrons. The Morgan fingerprint density at radius 1 is 0.767 bits per heavy atom. The van der Waals surface area contributed by atoms with Crippen molar-refractivity contribution in [3.05, 3.63) is 0 Å². The van der Waals surface area contributed by atoms with Gasteiger partial charge in [-0.2, -0.15) is 0 Å². The smallest absolute Gasteiger partial charge is 0.203 e. The molecule has 30 heavy (non-hydrogen) atoms. The van der Waals surface area contributed by atoms with Crippen molar-refractivity contribution >= 4 is 25.0 Å². The number of ether oxygens (including phenoxy) is 4. The maximum absolute atomic E-state index is 6.91. The predicted octanol–water partition coefficient (Wildman–Crippen LogP) is 4.56. The van der Waals surface area contributed by atoms with E-state index < -0.39 is 25.0 Å². The average molecular weight is 479 g/mol. The second kappa shape index (κ2) is 11.0. The number of hydrogen-bond donors (Lipinski definition) is 0. The van der Waals surface area contributed by atoms with E-state index in [0.29, 0.717) is 12.2 Å². The lowest BCUT2D eigenvalue weighted by Crippen LogP contribution is -2.62. The first-order chi connectivity index (χ1) is 13.8. The van der Waals surface area contributed by atoms with Crippen LogP contribution in [0.15, 0.2) is 0 Å². The van der Waals surface area contributed by atoms with Gasteiger partial charge in [-0.1, -0.05) is 0 Å². The zero-order valence-corrected chi connectivity index (χ0v) is 23.7. The van der Waals surface area contributed by atoms with Gasteiger partial charge in [-0.15, -0.1) is 0 Å². The Bertz CT molecular complexity index is 473. The van der Waals surface area contributed by atoms with Crippen molar-refractivity contribution in [1.82, 2.24) is 0 Å². The van der Waals surface area contributed by atoms with Crippen LogP contribution in [0, 0.1) is 0 Å². The van der Waals surface area contributed by atoms with E-state index in [1.165, 1.54) is 0 Å². The molecule has 0 bridgehead atoms. The van der Waals surface area contributed by atoms with Crippen LogP contribution in [0.4, 0.5) is 0 Å². The van der Waals surface area contributed by atoms with Crippen LogP contribution in [0.5, 0.6) is 0 Å². The van der Waals surface area contributed by atoms with Crippen LogP contribution in [-0.4, -0.2) is 82.0 Å². The summed E-state index contributed by atoms with van der Waals surface area (Å²) in [6.45, 7) is 23.3. The van der Waals surface area contributed by atoms with Gasteiger partial charge in [0.05, 0.1) is 31.7 Å². The molecule has 0 aromatic carbocycles. The molecule has 6 nitrogen and oxygen atoms in total. The third-order valence-corrected chi connectivity index (χ3v) is 17.7. The molecule has 2 aliphatic heterocycles. The lowest BCUT2D eigenvalue weighted by Gasteiger charge is -2.47. The summed E-state index contributed by atoms with van der Waals surface area (Å²) in [7, 11) is -5.62. The monoisotopic (exact) mass is 478 g/mol. The first-order valence-electron chi connectivity index (χ1n) is 11.6. The van der Waals surface area contributed by atoms with E-state index >= 15 is 0 Å². The Kier molecular flexibility index (Phi) is 9.79. The molecule has 0 amide bonds. The molecule has 2 aliphatic rings. The summed E-state index contributed by atoms with van der Waals surface area (Å²) in [6, 6.07) is 2.23. The maximum atomic E-state index is 6.91. The van der Waals surface area contributed by atoms with Crippen LogP contribution in [0.3, 0.4) is 0 Å². The van der Waals surface area contributed by atoms with Gasteiger partial charge in [-0.05, 0) is 78.1 Å². The molecule has 0 spiro atoms. The molecular weight excluding hydrogens is 432 g/mol. The third kappa shape index (κ3) is 10.4. The minimum atomic E-state index is -2.05. The van der Waals surface area contributed by atoms with Crippen molar-refractivity contribution in [1.29, 1.82) is 0 Å². The van der Waals surface area contributed by atoms with Crippen LogP contribution in [0.25, 0.3) is 0 Å². The second-order valence-electron chi connectivity index (χ2n) is 11.0. The fraction of sp³-hybridized carbons (Fsp3) is 1.00. The lowest BCUT2D eigenvalue weighted by atomic mass is 10.5. The third-order valence-electron chi connectivity index (χ3n) is 6.06. The highest BCUT2D eigenvalue weighted by molar-refractivity contribution is 6.86. The molecule has 0 saturated carbocycles. The summed E-state index contributed by atoms with van der Waals surface area (Å²) in [6.07, 6.45) is 2.81. The minimum Gasteiger partial charge on any atom is -0.454 e. The normalized spacial score (nSPS) is 22.4. The number of hydrogen-bond acceptors (Lipinski definition) is 6. The van der Waals surface area contributed by atoms with Crippen LogP contribution < -0.4 is 0 Å². The largest absolute Gasteiger partial charge is 0.454 e. The first-order valence-corrected chi connectivity index (χ1v) is 20.7. The van der Waals surface area contributed by atoms with Gasteiger partial charge < -0.3 is 27.5 Å². The Morgan fingerprint density at radius 3 is 1.63 bits per heavy atom. The van der Waals surface area contributed by atoms with E-state index in [1.807, 2.05) is 0 Å². The van der Waals surface area contributed by atoms with E-state index in [4.69, 9.17) is 27.5 Å². The lowest BCUT2D eigenvalue weighted by molar-refractivity contribution is 0.113. The van der Waals surface area contributed by atoms with Gasteiger partial charge in [0.25, 0.3) is 0 Å². The average Bonchev–Trinajstić information content (AvgIpc) is 3.47. The summed E-state index contributed by atoms with van der Waals surface area (Å²) in [5.74, 6) is 0. The van der Waals surface area contributed by atoms with Gasteiger partial charge in [-0.3, -0.25) is 0 Å². The van der Waals surface area contributed by atoms with E-state index in [-0.39, 0.29) is 5.22 Å². The molecule has 0 aliphatic carbocycles. The van der Waals surface area contributed by atoms with Crippen LogP contribution >= 0.6 is 0 Å². The van der Waals surface area contributed by atoms with E-state index in [9.17, 15) is 0 Å². The van der Waals surface area contributed by atoms with Crippen molar-refractivity contribution in [2.24, 2.45) is 0 Å². The summed E-state index contributed by atoms with van der Waals surface area (Å²) >= 11 is 0. The Labute approximate surface area is 187 Å². The second-order valence-corrected chi connectivity index (χ2v) is 24.3. The molecule has 0 radical (unpaired) electrons. The summed E-state index contributed by atoms with van der Waals surface area (Å²) in [4.78, 5) is 0. The highest BCUT2D eigenvalue weighted by atomic mass is 28.4. The summed E-state index contributed by atoms with van der Waals surface area (Å²) in [5.41, 5.74) is 0. The van der Waals surface area contributed by atoms with Crippen molar-refractivity contribution < 1.29 is 27.5 Å². The Hall–Kier alpha value is 0.411. The van der Waals surface area contributed by atoms with E-state index in [1.54, 1.807) is 0 Å². The van der Waals surface area contributed by atoms with Crippen molar-refractivity contribution in [2.75, 3.05) is 39.6 Å². The molecule has 2 atom stereocenters. The van der Waals surface area contributed by atoms with Crippen molar-refractivity contribution in [2.45, 2.75) is 95.5 Å². The van der Waals surface area contributed by atoms with Crippen LogP contribution in [-0.2, 0) is 27.5 Å². The first kappa shape index (κ1) is 26.7. The van der Waals surface area contributed by atoms with Gasteiger partial charge in [-0.25, -0.2) is 0 Å². The maximum Gasteiger partial charge on any atom is 0.203 e. The highest BCUT2D eigenvalue weighted by Gasteiger charge is 2.48. The Morgan fingerprint density at radius 2 is 1.20 bits per heavy atom. The molecule has 9 heteroatoms. The van der Waals surface area contributed by atoms with Gasteiger partial charge in [0, 0.05) is 13.2 Å². The van der Waals surface area contributed by atoms with Crippen molar-refractivity contribution in [3.63, 3.8) is 0 Å². The standard InChI is InChI=1S/C21H46O6Si3/c1-21(2,26-28(3,4)13-9-11-22-15-19-17-24-19)30(7,8)27-29(5,6)14-10-12-23-16-20-18-25-20/h19-20H,9-18H2,1-8H3. The predicted molar refractivity (Wildman–Crippen MR) is 129 cm³/mol. The SMILES string of the molecule is CC(C)(O[Si](C)(C)CCCOCC1CO1)[Si](C)(C)O[Si](C)(C)CCCOCC1CO1. The molecule has 0 aromatic heterocycles. The fourth-order valence-electron chi connectivity index (χ4n) is 3.69. The van der Waals surface area contributed by atoms with Crippen LogP contribution in [0.2, 0.25) is 51.4 Å². The molecular formula is C21H46O6Si3. The van der Waals surface area contributed by atoms with E-state index in [2.05, 4.69) is 53.1 Å². The fourth-order valence-corrected chi connectivity index (χ4v) is 15.9. The molecule has 2 heterocycles. The van der Waals surface area contributed by atoms with E-state index in [0.717, 1.165) is 64.6 Å². The quantitative estimate of drug-likeness (QED) is 0.173. The van der Waals surface area contributed by atoms with Gasteiger partial charge >= 0.3 is 0 Å². The van der Waals surface area contributed by atoms with Gasteiger partial charge in [0.1, 0.15) is 12.2 Å². The number of rotatable bonds is 17. The summed E-state index contributed by atoms with van der Waals surface area (Å²) in [5, 5.41) is -0.213. The minimum absolute atomic E-state index is 0.213. The molecule has 0 N–H and O–H groups in total. The molecule has 2 saturated heterocycles. The topological polar surface area (TPSA) is 62.0 Å². The molecule has 2 rings (SSSR count). The van der Waals surface area contributed by atoms with Crippen LogP contribution in [0.1, 0.15) is 26.7 Å². The summed E-state index contributed by atoms with van der Waals surface area (Å²) < 4.78 is 35.5. The molecule has 0 aromatic rings. The zero-order valence-electron chi connectivity index (χ0n) is 20.7. The highest BCUT2D eigenvalue weighted by Crippen LogP contribution is 2.34. The number of epoxide rings is 2. The van der Waals surface area contributed by atoms with Gasteiger partial charge in [0.2, 0.25) is 8.32 Å². The zero-order chi connectivity index (χ0) is 22.5. The Balaban J connectivity index is 1.72. The van der Waals surface area contributed by atoms with Gasteiger partial charge in [0.15, 0.2) is 16.6 Å². The molecule has 2 unspecified atom stereocenters.